The molecule has 2 aromatic rings. The second-order valence-electron chi connectivity index (χ2n) is 7.67. The molecule has 1 aliphatic rings. The second-order valence-corrected chi connectivity index (χ2v) is 14.1. The molecule has 0 unspecified atom stereocenters. The highest BCUT2D eigenvalue weighted by Crippen LogP contribution is 2.44. The second kappa shape index (κ2) is 6.49. The normalized spacial score (nSPS) is 15.5. The third-order valence-electron chi connectivity index (χ3n) is 5.23. The maximum absolute atomic E-state index is 2.62. The Morgan fingerprint density at radius 2 is 1.17 bits per heavy atom. The highest BCUT2D eigenvalue weighted by Gasteiger charge is 2.46. The number of rotatable bonds is 6. The Kier molecular flexibility index (Phi) is 4.92. The van der Waals surface area contributed by atoms with Crippen LogP contribution in [0, 0.1) is 0 Å². The summed E-state index contributed by atoms with van der Waals surface area (Å²) in [6.07, 6.45) is 2.65. The van der Waals surface area contributed by atoms with Gasteiger partial charge in [0.25, 0.3) is 0 Å². The van der Waals surface area contributed by atoms with Crippen LogP contribution in [-0.4, -0.2) is 8.07 Å². The standard InChI is InChI=1S/C20H30S2Si/c1-7-9-23(10-8-2)17-11-15(13(3)4)21-19(17)20-18(23)12-16(22-20)14(5)6/h11-14H,7-10H2,1-6H3. The van der Waals surface area contributed by atoms with Crippen LogP contribution in [0.25, 0.3) is 9.75 Å². The van der Waals surface area contributed by atoms with Crippen molar-refractivity contribution in [3.63, 3.8) is 0 Å². The Bertz CT molecular complexity index is 630. The van der Waals surface area contributed by atoms with Gasteiger partial charge in [-0.3, -0.25) is 0 Å². The first-order valence-electron chi connectivity index (χ1n) is 9.23. The molecule has 1 aliphatic heterocycles. The first-order valence-corrected chi connectivity index (χ1v) is 13.3. The molecule has 0 aliphatic carbocycles. The van der Waals surface area contributed by atoms with Crippen LogP contribution in [0.3, 0.4) is 0 Å². The number of thiophene rings is 2. The van der Waals surface area contributed by atoms with E-state index in [1.54, 1.807) is 29.9 Å². The van der Waals surface area contributed by atoms with Crippen molar-refractivity contribution < 1.29 is 0 Å². The number of hydrogen-bond donors (Lipinski definition) is 0. The molecule has 0 nitrogen and oxygen atoms in total. The largest absolute Gasteiger partial charge is 0.139 e. The molecule has 126 valence electrons. The molecule has 0 bridgehead atoms. The quantitative estimate of drug-likeness (QED) is 0.520. The number of fused-ring (bicyclic) bond motifs is 3. The van der Waals surface area contributed by atoms with Crippen LogP contribution in [0.15, 0.2) is 12.1 Å². The summed E-state index contributed by atoms with van der Waals surface area (Å²) in [5.41, 5.74) is 0. The SMILES string of the molecule is CCC[Si]1(CCC)c2cc(C(C)C)sc2-c2sc(C(C)C)cc21. The van der Waals surface area contributed by atoms with Gasteiger partial charge in [-0.05, 0) is 46.4 Å². The summed E-state index contributed by atoms with van der Waals surface area (Å²) in [4.78, 5) is 6.52. The Labute approximate surface area is 151 Å². The van der Waals surface area contributed by atoms with Crippen molar-refractivity contribution in [3.05, 3.63) is 21.9 Å². The molecule has 23 heavy (non-hydrogen) atoms. The average molecular weight is 363 g/mol. The highest BCUT2D eigenvalue weighted by molar-refractivity contribution is 7.29. The van der Waals surface area contributed by atoms with E-state index in [2.05, 4.69) is 76.3 Å². The van der Waals surface area contributed by atoms with Crippen LogP contribution in [0.4, 0.5) is 0 Å². The van der Waals surface area contributed by atoms with Gasteiger partial charge in [-0.25, -0.2) is 0 Å². The van der Waals surface area contributed by atoms with Gasteiger partial charge < -0.3 is 0 Å². The summed E-state index contributed by atoms with van der Waals surface area (Å²) in [6, 6.07) is 8.10. The molecule has 0 saturated carbocycles. The van der Waals surface area contributed by atoms with E-state index in [1.165, 1.54) is 24.9 Å². The van der Waals surface area contributed by atoms with E-state index in [-0.39, 0.29) is 0 Å². The average Bonchev–Trinajstić information content (AvgIpc) is 3.14. The van der Waals surface area contributed by atoms with Gasteiger partial charge in [-0.2, -0.15) is 0 Å². The minimum absolute atomic E-state index is 0.661. The van der Waals surface area contributed by atoms with Gasteiger partial charge in [0.15, 0.2) is 0 Å². The van der Waals surface area contributed by atoms with E-state index in [1.807, 2.05) is 0 Å². The fourth-order valence-electron chi connectivity index (χ4n) is 4.10. The van der Waals surface area contributed by atoms with E-state index in [9.17, 15) is 0 Å². The van der Waals surface area contributed by atoms with Crippen LogP contribution >= 0.6 is 22.7 Å². The van der Waals surface area contributed by atoms with Crippen molar-refractivity contribution in [2.24, 2.45) is 0 Å². The Hall–Kier alpha value is -0.383. The summed E-state index contributed by atoms with van der Waals surface area (Å²) < 4.78 is 0. The molecule has 3 heterocycles. The molecular formula is C20H30S2Si. The van der Waals surface area contributed by atoms with Gasteiger partial charge in [0.2, 0.25) is 0 Å². The zero-order valence-electron chi connectivity index (χ0n) is 15.5. The van der Waals surface area contributed by atoms with Crippen LogP contribution in [0.5, 0.6) is 0 Å². The highest BCUT2D eigenvalue weighted by atomic mass is 32.1. The summed E-state index contributed by atoms with van der Waals surface area (Å²) in [7, 11) is -1.50. The first-order chi connectivity index (χ1) is 10.9. The maximum atomic E-state index is 2.62. The lowest BCUT2D eigenvalue weighted by Gasteiger charge is -2.28. The van der Waals surface area contributed by atoms with E-state index >= 15 is 0 Å². The molecule has 0 atom stereocenters. The lowest BCUT2D eigenvalue weighted by Crippen LogP contribution is -2.54. The van der Waals surface area contributed by atoms with Crippen molar-refractivity contribution in [2.45, 2.75) is 78.3 Å². The zero-order chi connectivity index (χ0) is 16.8. The monoisotopic (exact) mass is 362 g/mol. The maximum Gasteiger partial charge on any atom is 0.122 e. The molecule has 0 N–H and O–H groups in total. The van der Waals surface area contributed by atoms with Crippen molar-refractivity contribution in [1.29, 1.82) is 0 Å². The van der Waals surface area contributed by atoms with E-state index in [4.69, 9.17) is 0 Å². The molecule has 0 spiro atoms. The molecule has 3 rings (SSSR count). The Morgan fingerprint density at radius 3 is 1.48 bits per heavy atom. The van der Waals surface area contributed by atoms with Gasteiger partial charge >= 0.3 is 0 Å². The van der Waals surface area contributed by atoms with Gasteiger partial charge in [-0.1, -0.05) is 54.4 Å². The van der Waals surface area contributed by atoms with Crippen LogP contribution in [0.1, 0.15) is 76.0 Å². The van der Waals surface area contributed by atoms with Crippen LogP contribution in [-0.2, 0) is 0 Å². The van der Waals surface area contributed by atoms with Crippen molar-refractivity contribution in [2.75, 3.05) is 0 Å². The molecule has 3 heteroatoms. The molecule has 0 fully saturated rings. The van der Waals surface area contributed by atoms with Crippen LogP contribution in [0.2, 0.25) is 12.1 Å². The summed E-state index contributed by atoms with van der Waals surface area (Å²) in [6.45, 7) is 14.1. The predicted octanol–water partition coefficient (Wildman–Crippen LogP) is 6.42. The third-order valence-corrected chi connectivity index (χ3v) is 14.2. The van der Waals surface area contributed by atoms with Gasteiger partial charge in [0.1, 0.15) is 8.07 Å². The lowest BCUT2D eigenvalue weighted by atomic mass is 10.2. The summed E-state index contributed by atoms with van der Waals surface area (Å²) in [5, 5.41) is 3.60. The van der Waals surface area contributed by atoms with E-state index < -0.39 is 8.07 Å². The summed E-state index contributed by atoms with van der Waals surface area (Å²) >= 11 is 4.19. The third kappa shape index (κ3) is 2.69. The molecule has 2 aromatic heterocycles. The fraction of sp³-hybridized carbons (Fsp3) is 0.600. The Balaban J connectivity index is 2.23. The van der Waals surface area contributed by atoms with Crippen molar-refractivity contribution >= 4 is 41.1 Å². The number of hydrogen-bond acceptors (Lipinski definition) is 2. The Morgan fingerprint density at radius 1 is 0.783 bits per heavy atom. The van der Waals surface area contributed by atoms with Gasteiger partial charge in [-0.15, -0.1) is 22.7 Å². The topological polar surface area (TPSA) is 0 Å². The van der Waals surface area contributed by atoms with E-state index in [0.29, 0.717) is 11.8 Å². The smallest absolute Gasteiger partial charge is 0.122 e. The first kappa shape index (κ1) is 17.4. The molecule has 0 saturated heterocycles. The summed E-state index contributed by atoms with van der Waals surface area (Å²) in [5.74, 6) is 1.32. The lowest BCUT2D eigenvalue weighted by molar-refractivity contribution is 0.890. The van der Waals surface area contributed by atoms with Gasteiger partial charge in [0, 0.05) is 19.5 Å². The van der Waals surface area contributed by atoms with Crippen molar-refractivity contribution in [3.8, 4) is 9.75 Å². The van der Waals surface area contributed by atoms with Crippen molar-refractivity contribution in [1.82, 2.24) is 0 Å². The molecular weight excluding hydrogens is 332 g/mol. The van der Waals surface area contributed by atoms with Gasteiger partial charge in [0.05, 0.1) is 0 Å². The minimum atomic E-state index is -1.50. The zero-order valence-corrected chi connectivity index (χ0v) is 18.1. The molecule has 0 amide bonds. The molecule has 0 radical (unpaired) electrons. The minimum Gasteiger partial charge on any atom is -0.139 e. The predicted molar refractivity (Wildman–Crippen MR) is 111 cm³/mol. The molecule has 0 aromatic carbocycles. The fourth-order valence-corrected chi connectivity index (χ4v) is 13.6. The van der Waals surface area contributed by atoms with E-state index in [0.717, 1.165) is 0 Å². The van der Waals surface area contributed by atoms with Crippen LogP contribution < -0.4 is 10.4 Å².